The molecule has 1 aromatic rings. The van der Waals surface area contributed by atoms with E-state index < -0.39 is 6.09 Å². The highest BCUT2D eigenvalue weighted by Crippen LogP contribution is 2.17. The monoisotopic (exact) mass is 262 g/mol. The first-order chi connectivity index (χ1) is 6.13. The molecule has 1 amide bonds. The summed E-state index contributed by atoms with van der Waals surface area (Å²) in [5, 5.41) is 10.8. The van der Waals surface area contributed by atoms with Gasteiger partial charge in [0.25, 0.3) is 0 Å². The Hall–Kier alpha value is -0.880. The van der Waals surface area contributed by atoms with Crippen LogP contribution >= 0.6 is 27.3 Å². The average Bonchev–Trinajstić information content (AvgIpc) is 2.50. The average molecular weight is 263 g/mol. The molecule has 13 heavy (non-hydrogen) atoms. The number of carboxylic acid groups (broad SMARTS) is 1. The summed E-state index contributed by atoms with van der Waals surface area (Å²) < 4.78 is 0. The lowest BCUT2D eigenvalue weighted by Gasteiger charge is -1.91. The van der Waals surface area contributed by atoms with E-state index in [-0.39, 0.29) is 5.84 Å². The second-order valence-corrected chi connectivity index (χ2v) is 3.77. The fourth-order valence-corrected chi connectivity index (χ4v) is 2.04. The molecule has 1 rings (SSSR count). The normalized spacial score (nSPS) is 11.6. The van der Waals surface area contributed by atoms with Gasteiger partial charge < -0.3 is 10.8 Å². The standard InChI is InChI=1S/C7H7BrN2O2S/c8-2-5-1-4(3-13-5)6(9)10-7(11)12/h1,3H,2H2,(H2,9,10)(H,11,12). The Kier molecular flexibility index (Phi) is 3.44. The van der Waals surface area contributed by atoms with Crippen molar-refractivity contribution in [2.75, 3.05) is 0 Å². The summed E-state index contributed by atoms with van der Waals surface area (Å²) in [7, 11) is 0. The molecule has 1 heterocycles. The van der Waals surface area contributed by atoms with E-state index in [9.17, 15) is 4.79 Å². The zero-order chi connectivity index (χ0) is 9.84. The van der Waals surface area contributed by atoms with Crippen molar-refractivity contribution in [3.8, 4) is 0 Å². The van der Waals surface area contributed by atoms with E-state index in [1.807, 2.05) is 0 Å². The van der Waals surface area contributed by atoms with Gasteiger partial charge in [-0.25, -0.2) is 4.79 Å². The van der Waals surface area contributed by atoms with E-state index in [1.165, 1.54) is 11.3 Å². The quantitative estimate of drug-likeness (QED) is 0.487. The highest BCUT2D eigenvalue weighted by molar-refractivity contribution is 9.08. The van der Waals surface area contributed by atoms with Gasteiger partial charge in [0.05, 0.1) is 0 Å². The molecule has 0 saturated carbocycles. The van der Waals surface area contributed by atoms with Gasteiger partial charge >= 0.3 is 6.09 Å². The van der Waals surface area contributed by atoms with Crippen LogP contribution in [0, 0.1) is 0 Å². The summed E-state index contributed by atoms with van der Waals surface area (Å²) in [6.45, 7) is 0. The Morgan fingerprint density at radius 3 is 2.92 bits per heavy atom. The van der Waals surface area contributed by atoms with Crippen molar-refractivity contribution in [3.63, 3.8) is 0 Å². The number of nitrogens with two attached hydrogens (primary N) is 1. The van der Waals surface area contributed by atoms with Crippen LogP contribution in [0.2, 0.25) is 0 Å². The van der Waals surface area contributed by atoms with Crippen LogP contribution in [0.4, 0.5) is 4.79 Å². The predicted molar refractivity (Wildman–Crippen MR) is 55.7 cm³/mol. The van der Waals surface area contributed by atoms with Gasteiger partial charge in [-0.1, -0.05) is 15.9 Å². The second-order valence-electron chi connectivity index (χ2n) is 2.21. The molecule has 0 spiro atoms. The molecule has 0 bridgehead atoms. The van der Waals surface area contributed by atoms with Crippen LogP contribution in [0.25, 0.3) is 0 Å². The van der Waals surface area contributed by atoms with E-state index in [0.29, 0.717) is 5.56 Å². The number of alkyl halides is 1. The number of hydrogen-bond donors (Lipinski definition) is 2. The first-order valence-electron chi connectivity index (χ1n) is 3.34. The summed E-state index contributed by atoms with van der Waals surface area (Å²) in [6, 6.07) is 1.81. The minimum absolute atomic E-state index is 0.0379. The second kappa shape index (κ2) is 4.38. The minimum atomic E-state index is -1.27. The molecular formula is C7H7BrN2O2S. The molecule has 0 radical (unpaired) electrons. The first-order valence-corrected chi connectivity index (χ1v) is 5.34. The molecule has 70 valence electrons. The summed E-state index contributed by atoms with van der Waals surface area (Å²) in [4.78, 5) is 14.5. The van der Waals surface area contributed by atoms with Crippen LogP contribution < -0.4 is 5.73 Å². The van der Waals surface area contributed by atoms with Crippen molar-refractivity contribution in [2.45, 2.75) is 5.33 Å². The fraction of sp³-hybridized carbons (Fsp3) is 0.143. The third kappa shape index (κ3) is 2.82. The predicted octanol–water partition coefficient (Wildman–Crippen LogP) is 2.03. The maximum absolute atomic E-state index is 10.2. The van der Waals surface area contributed by atoms with E-state index in [1.54, 1.807) is 11.4 Å². The number of hydrogen-bond acceptors (Lipinski definition) is 2. The van der Waals surface area contributed by atoms with Gasteiger partial charge in [-0.2, -0.15) is 4.99 Å². The van der Waals surface area contributed by atoms with E-state index in [2.05, 4.69) is 20.9 Å². The number of halogens is 1. The molecular weight excluding hydrogens is 256 g/mol. The summed E-state index contributed by atoms with van der Waals surface area (Å²) in [6.07, 6.45) is -1.27. The first kappa shape index (κ1) is 10.2. The SMILES string of the molecule is NC(=NC(=O)O)c1csc(CBr)c1. The van der Waals surface area contributed by atoms with E-state index in [0.717, 1.165) is 10.2 Å². The van der Waals surface area contributed by atoms with Crippen molar-refractivity contribution >= 4 is 39.2 Å². The Morgan fingerprint density at radius 2 is 2.46 bits per heavy atom. The van der Waals surface area contributed by atoms with Crippen molar-refractivity contribution in [2.24, 2.45) is 10.7 Å². The smallest absolute Gasteiger partial charge is 0.433 e. The van der Waals surface area contributed by atoms with Crippen LogP contribution in [-0.2, 0) is 5.33 Å². The van der Waals surface area contributed by atoms with Crippen LogP contribution in [0.15, 0.2) is 16.4 Å². The van der Waals surface area contributed by atoms with Gasteiger partial charge in [-0.05, 0) is 6.07 Å². The number of rotatable bonds is 2. The minimum Gasteiger partial charge on any atom is -0.463 e. The molecule has 3 N–H and O–H groups in total. The van der Waals surface area contributed by atoms with Gasteiger partial charge in [0, 0.05) is 21.2 Å². The number of carbonyl (C=O) groups is 1. The number of thiophene rings is 1. The maximum Gasteiger partial charge on any atom is 0.433 e. The fourth-order valence-electron chi connectivity index (χ4n) is 0.753. The molecule has 0 aliphatic heterocycles. The number of amides is 1. The van der Waals surface area contributed by atoms with Gasteiger partial charge in [0.15, 0.2) is 0 Å². The van der Waals surface area contributed by atoms with E-state index in [4.69, 9.17) is 10.8 Å². The molecule has 0 aromatic carbocycles. The third-order valence-electron chi connectivity index (χ3n) is 1.30. The Labute approximate surface area is 87.2 Å². The molecule has 0 aliphatic rings. The lowest BCUT2D eigenvalue weighted by molar-refractivity contribution is 0.205. The van der Waals surface area contributed by atoms with Crippen LogP contribution in [0.5, 0.6) is 0 Å². The molecule has 1 aromatic heterocycles. The zero-order valence-electron chi connectivity index (χ0n) is 6.53. The van der Waals surface area contributed by atoms with Gasteiger partial charge in [0.2, 0.25) is 0 Å². The summed E-state index contributed by atoms with van der Waals surface area (Å²) >= 11 is 4.79. The van der Waals surface area contributed by atoms with Crippen LogP contribution in [0.3, 0.4) is 0 Å². The van der Waals surface area contributed by atoms with E-state index >= 15 is 0 Å². The van der Waals surface area contributed by atoms with Gasteiger partial charge in [-0.3, -0.25) is 0 Å². The highest BCUT2D eigenvalue weighted by atomic mass is 79.9. The number of nitrogens with zero attached hydrogens (tertiary/aromatic N) is 1. The lowest BCUT2D eigenvalue weighted by atomic mass is 10.3. The van der Waals surface area contributed by atoms with Crippen LogP contribution in [0.1, 0.15) is 10.4 Å². The molecule has 0 unspecified atom stereocenters. The molecule has 4 nitrogen and oxygen atoms in total. The zero-order valence-corrected chi connectivity index (χ0v) is 8.93. The summed E-state index contributed by atoms with van der Waals surface area (Å²) in [5.74, 6) is 0.0379. The lowest BCUT2D eigenvalue weighted by Crippen LogP contribution is -2.14. The Bertz CT molecular complexity index is 348. The Balaban J connectivity index is 2.88. The van der Waals surface area contributed by atoms with Crippen LogP contribution in [-0.4, -0.2) is 17.0 Å². The topological polar surface area (TPSA) is 75.7 Å². The van der Waals surface area contributed by atoms with Crippen molar-refractivity contribution in [3.05, 3.63) is 21.9 Å². The maximum atomic E-state index is 10.2. The number of aliphatic imine (C=N–C) groups is 1. The molecule has 6 heteroatoms. The molecule has 0 fully saturated rings. The largest absolute Gasteiger partial charge is 0.463 e. The van der Waals surface area contributed by atoms with Gasteiger partial charge in [0.1, 0.15) is 5.84 Å². The highest BCUT2D eigenvalue weighted by Gasteiger charge is 2.04. The van der Waals surface area contributed by atoms with Crippen molar-refractivity contribution < 1.29 is 9.90 Å². The summed E-state index contributed by atoms with van der Waals surface area (Å²) in [5.41, 5.74) is 6.08. The molecule has 0 aliphatic carbocycles. The molecule has 0 atom stereocenters. The molecule has 0 saturated heterocycles. The van der Waals surface area contributed by atoms with Gasteiger partial charge in [-0.15, -0.1) is 11.3 Å². The van der Waals surface area contributed by atoms with Crippen molar-refractivity contribution in [1.82, 2.24) is 0 Å². The number of amidine groups is 1. The third-order valence-corrected chi connectivity index (χ3v) is 3.21. The van der Waals surface area contributed by atoms with Crippen molar-refractivity contribution in [1.29, 1.82) is 0 Å². The Morgan fingerprint density at radius 1 is 1.77 bits per heavy atom.